The number of nitrogens with one attached hydrogen (secondary N) is 1. The summed E-state index contributed by atoms with van der Waals surface area (Å²) in [5, 5.41) is 3.49. The van der Waals surface area contributed by atoms with E-state index in [4.69, 9.17) is 4.74 Å². The monoisotopic (exact) mass is 243 g/mol. The van der Waals surface area contributed by atoms with Crippen LogP contribution in [0.2, 0.25) is 0 Å². The smallest absolute Gasteiger partial charge is 0.232 e. The number of hydrogen-bond donors (Lipinski definition) is 1. The first-order valence-corrected chi connectivity index (χ1v) is 5.57. The normalized spacial score (nSPS) is 19.9. The molecule has 0 spiro atoms. The summed E-state index contributed by atoms with van der Waals surface area (Å²) in [7, 11) is 0. The van der Waals surface area contributed by atoms with Gasteiger partial charge in [0.1, 0.15) is 0 Å². The summed E-state index contributed by atoms with van der Waals surface area (Å²) in [6.07, 6.45) is 9.91. The van der Waals surface area contributed by atoms with Crippen molar-refractivity contribution in [2.24, 2.45) is 0 Å². The molecule has 1 saturated heterocycles. The molecular weight excluding hydrogens is 226 g/mol. The van der Waals surface area contributed by atoms with Crippen molar-refractivity contribution in [1.29, 1.82) is 0 Å². The number of halogens is 1. The molecule has 0 saturated carbocycles. The number of ether oxygens (including phenoxy) is 1. The molecule has 5 heteroatoms. The summed E-state index contributed by atoms with van der Waals surface area (Å²) in [5.74, 6) is 0.619. The Labute approximate surface area is 102 Å². The molecule has 1 aliphatic heterocycles. The van der Waals surface area contributed by atoms with E-state index in [1.165, 1.54) is 19.3 Å². The molecule has 16 heavy (non-hydrogen) atoms. The molecule has 1 unspecified atom stereocenters. The predicted octanol–water partition coefficient (Wildman–Crippen LogP) is 1.81. The molecule has 0 radical (unpaired) electrons. The van der Waals surface area contributed by atoms with Gasteiger partial charge in [0.25, 0.3) is 0 Å². The SMILES string of the molecule is Cl.c1cnc(OCCC2CCCCN2)cn1. The Morgan fingerprint density at radius 2 is 2.31 bits per heavy atom. The first kappa shape index (κ1) is 13.2. The third kappa shape index (κ3) is 4.33. The van der Waals surface area contributed by atoms with Gasteiger partial charge in [-0.2, -0.15) is 0 Å². The zero-order chi connectivity index (χ0) is 10.3. The van der Waals surface area contributed by atoms with Gasteiger partial charge in [-0.3, -0.25) is 4.98 Å². The van der Waals surface area contributed by atoms with Crippen LogP contribution >= 0.6 is 12.4 Å². The summed E-state index contributed by atoms with van der Waals surface area (Å²) < 4.78 is 5.50. The summed E-state index contributed by atoms with van der Waals surface area (Å²) >= 11 is 0. The largest absolute Gasteiger partial charge is 0.477 e. The van der Waals surface area contributed by atoms with Gasteiger partial charge >= 0.3 is 0 Å². The zero-order valence-electron chi connectivity index (χ0n) is 9.26. The van der Waals surface area contributed by atoms with Crippen LogP contribution in [0.15, 0.2) is 18.6 Å². The molecule has 1 aromatic heterocycles. The lowest BCUT2D eigenvalue weighted by Crippen LogP contribution is -2.35. The van der Waals surface area contributed by atoms with Crippen molar-refractivity contribution in [3.63, 3.8) is 0 Å². The van der Waals surface area contributed by atoms with E-state index in [1.807, 2.05) is 0 Å². The molecule has 4 nitrogen and oxygen atoms in total. The van der Waals surface area contributed by atoms with Gasteiger partial charge in [0.05, 0.1) is 12.8 Å². The fraction of sp³-hybridized carbons (Fsp3) is 0.636. The highest BCUT2D eigenvalue weighted by Gasteiger charge is 2.11. The average Bonchev–Trinajstić information content (AvgIpc) is 2.32. The van der Waals surface area contributed by atoms with Crippen molar-refractivity contribution in [2.45, 2.75) is 31.7 Å². The quantitative estimate of drug-likeness (QED) is 0.876. The Kier molecular flexibility index (Phi) is 6.11. The number of piperidine rings is 1. The highest BCUT2D eigenvalue weighted by molar-refractivity contribution is 5.85. The van der Waals surface area contributed by atoms with Crippen LogP contribution in [0.4, 0.5) is 0 Å². The van der Waals surface area contributed by atoms with E-state index in [0.717, 1.165) is 19.6 Å². The van der Waals surface area contributed by atoms with Gasteiger partial charge < -0.3 is 10.1 Å². The average molecular weight is 244 g/mol. The lowest BCUT2D eigenvalue weighted by atomic mass is 10.0. The van der Waals surface area contributed by atoms with Crippen LogP contribution in [-0.2, 0) is 0 Å². The number of nitrogens with zero attached hydrogens (tertiary/aromatic N) is 2. The van der Waals surface area contributed by atoms with Gasteiger partial charge in [-0.15, -0.1) is 12.4 Å². The fourth-order valence-electron chi connectivity index (χ4n) is 1.84. The van der Waals surface area contributed by atoms with Crippen molar-refractivity contribution < 1.29 is 4.74 Å². The number of hydrogen-bond acceptors (Lipinski definition) is 4. The summed E-state index contributed by atoms with van der Waals surface area (Å²) in [4.78, 5) is 8.00. The summed E-state index contributed by atoms with van der Waals surface area (Å²) in [5.41, 5.74) is 0. The molecule has 1 N–H and O–H groups in total. The van der Waals surface area contributed by atoms with Crippen LogP contribution in [0.25, 0.3) is 0 Å². The minimum Gasteiger partial charge on any atom is -0.477 e. The lowest BCUT2D eigenvalue weighted by molar-refractivity contribution is 0.260. The maximum atomic E-state index is 5.50. The Morgan fingerprint density at radius 1 is 1.38 bits per heavy atom. The first-order valence-electron chi connectivity index (χ1n) is 5.57. The van der Waals surface area contributed by atoms with Gasteiger partial charge in [0.15, 0.2) is 0 Å². The first-order chi connectivity index (χ1) is 7.45. The molecule has 1 atom stereocenters. The van der Waals surface area contributed by atoms with E-state index in [2.05, 4.69) is 15.3 Å². The van der Waals surface area contributed by atoms with Gasteiger partial charge in [-0.1, -0.05) is 6.42 Å². The van der Waals surface area contributed by atoms with Crippen LogP contribution in [0.1, 0.15) is 25.7 Å². The molecule has 90 valence electrons. The Hall–Kier alpha value is -0.870. The lowest BCUT2D eigenvalue weighted by Gasteiger charge is -2.23. The second-order valence-electron chi connectivity index (χ2n) is 3.83. The molecule has 1 aromatic rings. The topological polar surface area (TPSA) is 47.0 Å². The van der Waals surface area contributed by atoms with Crippen molar-refractivity contribution in [3.05, 3.63) is 18.6 Å². The maximum Gasteiger partial charge on any atom is 0.232 e. The van der Waals surface area contributed by atoms with Crippen molar-refractivity contribution in [3.8, 4) is 5.88 Å². The molecular formula is C11H18ClN3O. The predicted molar refractivity (Wildman–Crippen MR) is 65.0 cm³/mol. The number of aromatic nitrogens is 2. The van der Waals surface area contributed by atoms with E-state index < -0.39 is 0 Å². The molecule has 2 heterocycles. The van der Waals surface area contributed by atoms with Gasteiger partial charge in [0.2, 0.25) is 5.88 Å². The van der Waals surface area contributed by atoms with E-state index in [9.17, 15) is 0 Å². The maximum absolute atomic E-state index is 5.50. The van der Waals surface area contributed by atoms with E-state index >= 15 is 0 Å². The molecule has 0 amide bonds. The highest BCUT2D eigenvalue weighted by atomic mass is 35.5. The minimum atomic E-state index is 0. The molecule has 0 aliphatic carbocycles. The minimum absolute atomic E-state index is 0. The Balaban J connectivity index is 0.00000128. The third-order valence-electron chi connectivity index (χ3n) is 2.67. The highest BCUT2D eigenvalue weighted by Crippen LogP contribution is 2.10. The van der Waals surface area contributed by atoms with Crippen LogP contribution in [0.5, 0.6) is 5.88 Å². The van der Waals surface area contributed by atoms with E-state index in [0.29, 0.717) is 11.9 Å². The van der Waals surface area contributed by atoms with Crippen LogP contribution in [-0.4, -0.2) is 29.2 Å². The Morgan fingerprint density at radius 3 is 3.00 bits per heavy atom. The van der Waals surface area contributed by atoms with E-state index in [1.54, 1.807) is 18.6 Å². The second kappa shape index (κ2) is 7.41. The van der Waals surface area contributed by atoms with Crippen molar-refractivity contribution in [2.75, 3.05) is 13.2 Å². The van der Waals surface area contributed by atoms with Gasteiger partial charge in [-0.25, -0.2) is 4.98 Å². The molecule has 1 aliphatic rings. The molecule has 2 rings (SSSR count). The molecule has 0 bridgehead atoms. The zero-order valence-corrected chi connectivity index (χ0v) is 10.1. The second-order valence-corrected chi connectivity index (χ2v) is 3.83. The molecule has 0 aromatic carbocycles. The van der Waals surface area contributed by atoms with Gasteiger partial charge in [-0.05, 0) is 25.8 Å². The van der Waals surface area contributed by atoms with Crippen molar-refractivity contribution >= 4 is 12.4 Å². The van der Waals surface area contributed by atoms with Crippen LogP contribution in [0, 0.1) is 0 Å². The van der Waals surface area contributed by atoms with Crippen LogP contribution in [0.3, 0.4) is 0 Å². The van der Waals surface area contributed by atoms with E-state index in [-0.39, 0.29) is 12.4 Å². The number of rotatable bonds is 4. The summed E-state index contributed by atoms with van der Waals surface area (Å²) in [6.45, 7) is 1.87. The third-order valence-corrected chi connectivity index (χ3v) is 2.67. The molecule has 1 fully saturated rings. The van der Waals surface area contributed by atoms with Crippen molar-refractivity contribution in [1.82, 2.24) is 15.3 Å². The standard InChI is InChI=1S/C11H17N3O.ClH/c1-2-5-13-10(3-1)4-8-15-11-9-12-6-7-14-11;/h6-7,9-10,13H,1-5,8H2;1H. The summed E-state index contributed by atoms with van der Waals surface area (Å²) in [6, 6.07) is 0.621. The van der Waals surface area contributed by atoms with Crippen LogP contribution < -0.4 is 10.1 Å². The Bertz CT molecular complexity index is 278. The fourth-order valence-corrected chi connectivity index (χ4v) is 1.84. The van der Waals surface area contributed by atoms with Gasteiger partial charge in [0, 0.05) is 18.4 Å².